The van der Waals surface area contributed by atoms with Crippen LogP contribution in [0.15, 0.2) is 23.1 Å². The van der Waals surface area contributed by atoms with Crippen LogP contribution in [-0.4, -0.2) is 21.6 Å². The van der Waals surface area contributed by atoms with Gasteiger partial charge >= 0.3 is 0 Å². The number of hydrogen-bond donors (Lipinski definition) is 2. The van der Waals surface area contributed by atoms with Crippen LogP contribution in [0.25, 0.3) is 0 Å². The summed E-state index contributed by atoms with van der Waals surface area (Å²) < 4.78 is 33.1. The third-order valence-electron chi connectivity index (χ3n) is 3.90. The van der Waals surface area contributed by atoms with Gasteiger partial charge in [-0.15, -0.1) is 0 Å². The van der Waals surface area contributed by atoms with Crippen molar-refractivity contribution in [1.82, 2.24) is 4.72 Å². The van der Waals surface area contributed by atoms with E-state index in [1.165, 1.54) is 32.4 Å². The summed E-state index contributed by atoms with van der Waals surface area (Å²) >= 11 is 0. The van der Waals surface area contributed by atoms with Crippen LogP contribution in [0.5, 0.6) is 5.75 Å². The summed E-state index contributed by atoms with van der Waals surface area (Å²) in [6, 6.07) is 4.67. The number of nitrogens with two attached hydrogens (primary N) is 1. The van der Waals surface area contributed by atoms with E-state index in [1.807, 2.05) is 0 Å². The van der Waals surface area contributed by atoms with Gasteiger partial charge in [-0.2, -0.15) is 0 Å². The molecule has 1 aliphatic rings. The first-order valence-corrected chi connectivity index (χ1v) is 8.97. The molecule has 5 nitrogen and oxygen atoms in total. The van der Waals surface area contributed by atoms with Crippen molar-refractivity contribution in [2.24, 2.45) is 0 Å². The van der Waals surface area contributed by atoms with Crippen LogP contribution in [-0.2, 0) is 10.0 Å². The van der Waals surface area contributed by atoms with Crippen LogP contribution in [0.2, 0.25) is 0 Å². The molecule has 118 valence electrons. The van der Waals surface area contributed by atoms with Crippen molar-refractivity contribution < 1.29 is 13.2 Å². The molecule has 0 heterocycles. The second kappa shape index (κ2) is 7.13. The summed E-state index contributed by atoms with van der Waals surface area (Å²) in [5.41, 5.74) is 6.12. The quantitative estimate of drug-likeness (QED) is 0.838. The topological polar surface area (TPSA) is 81.4 Å². The summed E-state index contributed by atoms with van der Waals surface area (Å²) in [6.07, 6.45) is 7.54. The Morgan fingerprint density at radius 2 is 1.76 bits per heavy atom. The highest BCUT2D eigenvalue weighted by atomic mass is 32.2. The number of benzene rings is 1. The van der Waals surface area contributed by atoms with Crippen molar-refractivity contribution in [3.8, 4) is 5.75 Å². The third-order valence-corrected chi connectivity index (χ3v) is 5.45. The van der Waals surface area contributed by atoms with E-state index in [4.69, 9.17) is 10.5 Å². The maximum atomic E-state index is 12.6. The molecule has 0 atom stereocenters. The van der Waals surface area contributed by atoms with Gasteiger partial charge in [0.15, 0.2) is 0 Å². The standard InChI is InChI=1S/C15H24N2O3S/c1-20-14-10-9-12(16)11-15(14)21(18,19)17-13-7-5-3-2-4-6-8-13/h9-11,13,17H,2-8,16H2,1H3. The van der Waals surface area contributed by atoms with E-state index in [9.17, 15) is 8.42 Å². The minimum absolute atomic E-state index is 0.00133. The van der Waals surface area contributed by atoms with Crippen molar-refractivity contribution in [1.29, 1.82) is 0 Å². The lowest BCUT2D eigenvalue weighted by Crippen LogP contribution is -2.35. The summed E-state index contributed by atoms with van der Waals surface area (Å²) in [4.78, 5) is 0.118. The Bertz CT molecular complexity index is 564. The highest BCUT2D eigenvalue weighted by Gasteiger charge is 2.24. The second-order valence-corrected chi connectivity index (χ2v) is 7.26. The van der Waals surface area contributed by atoms with E-state index in [0.29, 0.717) is 11.4 Å². The predicted octanol–water partition coefficient (Wildman–Crippen LogP) is 2.67. The number of ether oxygens (including phenoxy) is 1. The molecule has 0 radical (unpaired) electrons. The number of hydrogen-bond acceptors (Lipinski definition) is 4. The second-order valence-electron chi connectivity index (χ2n) is 5.57. The smallest absolute Gasteiger partial charge is 0.244 e. The molecule has 0 unspecified atom stereocenters. The zero-order valence-corrected chi connectivity index (χ0v) is 13.3. The van der Waals surface area contributed by atoms with Crippen molar-refractivity contribution in [3.63, 3.8) is 0 Å². The molecule has 1 aromatic carbocycles. The van der Waals surface area contributed by atoms with Crippen molar-refractivity contribution >= 4 is 15.7 Å². The molecule has 0 amide bonds. The van der Waals surface area contributed by atoms with E-state index in [1.54, 1.807) is 12.1 Å². The van der Waals surface area contributed by atoms with Gasteiger partial charge in [-0.25, -0.2) is 13.1 Å². The predicted molar refractivity (Wildman–Crippen MR) is 83.8 cm³/mol. The largest absolute Gasteiger partial charge is 0.495 e. The Morgan fingerprint density at radius 3 is 2.38 bits per heavy atom. The molecular formula is C15H24N2O3S. The van der Waals surface area contributed by atoms with Gasteiger partial charge in [0, 0.05) is 11.7 Å². The minimum Gasteiger partial charge on any atom is -0.495 e. The van der Waals surface area contributed by atoms with E-state index in [0.717, 1.165) is 25.7 Å². The highest BCUT2D eigenvalue weighted by molar-refractivity contribution is 7.89. The molecule has 3 N–H and O–H groups in total. The van der Waals surface area contributed by atoms with Gasteiger partial charge in [-0.3, -0.25) is 0 Å². The van der Waals surface area contributed by atoms with Crippen LogP contribution in [0, 0.1) is 0 Å². The lowest BCUT2D eigenvalue weighted by molar-refractivity contribution is 0.399. The number of nitrogens with one attached hydrogen (secondary N) is 1. The molecule has 1 fully saturated rings. The molecule has 0 aliphatic heterocycles. The monoisotopic (exact) mass is 312 g/mol. The number of rotatable bonds is 4. The zero-order chi connectivity index (χ0) is 15.3. The molecule has 0 spiro atoms. The molecule has 0 bridgehead atoms. The SMILES string of the molecule is COc1ccc(N)cc1S(=O)(=O)NC1CCCCCCC1. The van der Waals surface area contributed by atoms with E-state index >= 15 is 0 Å². The average molecular weight is 312 g/mol. The van der Waals surface area contributed by atoms with Crippen LogP contribution >= 0.6 is 0 Å². The Labute approximate surface area is 126 Å². The number of sulfonamides is 1. The van der Waals surface area contributed by atoms with Gasteiger partial charge in [-0.05, 0) is 31.0 Å². The van der Waals surface area contributed by atoms with E-state index < -0.39 is 10.0 Å². The minimum atomic E-state index is -3.61. The normalized spacial score (nSPS) is 18.0. The van der Waals surface area contributed by atoms with Gasteiger partial charge < -0.3 is 10.5 Å². The first-order valence-electron chi connectivity index (χ1n) is 7.49. The van der Waals surface area contributed by atoms with Crippen LogP contribution < -0.4 is 15.2 Å². The van der Waals surface area contributed by atoms with Crippen LogP contribution in [0.3, 0.4) is 0 Å². The summed E-state index contributed by atoms with van der Waals surface area (Å²) in [7, 11) is -2.15. The van der Waals surface area contributed by atoms with Gasteiger partial charge in [0.1, 0.15) is 10.6 Å². The molecule has 1 aromatic rings. The first-order chi connectivity index (χ1) is 10.0. The summed E-state index contributed by atoms with van der Waals surface area (Å²) in [6.45, 7) is 0. The fourth-order valence-corrected chi connectivity index (χ4v) is 4.27. The van der Waals surface area contributed by atoms with Gasteiger partial charge in [0.05, 0.1) is 7.11 Å². The Morgan fingerprint density at radius 1 is 1.14 bits per heavy atom. The lowest BCUT2D eigenvalue weighted by atomic mass is 9.97. The van der Waals surface area contributed by atoms with E-state index in [2.05, 4.69) is 4.72 Å². The van der Waals surface area contributed by atoms with Crippen molar-refractivity contribution in [2.45, 2.75) is 55.9 Å². The lowest BCUT2D eigenvalue weighted by Gasteiger charge is -2.21. The first kappa shape index (κ1) is 16.1. The maximum absolute atomic E-state index is 12.6. The van der Waals surface area contributed by atoms with Crippen LogP contribution in [0.4, 0.5) is 5.69 Å². The number of methoxy groups -OCH3 is 1. The number of anilines is 1. The van der Waals surface area contributed by atoms with Crippen molar-refractivity contribution in [2.75, 3.05) is 12.8 Å². The number of nitrogen functional groups attached to an aromatic ring is 1. The highest BCUT2D eigenvalue weighted by Crippen LogP contribution is 2.27. The molecular weight excluding hydrogens is 288 g/mol. The van der Waals surface area contributed by atoms with Gasteiger partial charge in [0.25, 0.3) is 0 Å². The van der Waals surface area contributed by atoms with E-state index in [-0.39, 0.29) is 10.9 Å². The molecule has 1 saturated carbocycles. The van der Waals surface area contributed by atoms with Gasteiger partial charge in [-0.1, -0.05) is 32.1 Å². The van der Waals surface area contributed by atoms with Crippen LogP contribution in [0.1, 0.15) is 44.9 Å². The van der Waals surface area contributed by atoms with Crippen molar-refractivity contribution in [3.05, 3.63) is 18.2 Å². The average Bonchev–Trinajstić information content (AvgIpc) is 2.41. The fraction of sp³-hybridized carbons (Fsp3) is 0.600. The Hall–Kier alpha value is -1.27. The molecule has 2 rings (SSSR count). The fourth-order valence-electron chi connectivity index (χ4n) is 2.76. The molecule has 21 heavy (non-hydrogen) atoms. The van der Waals surface area contributed by atoms with Gasteiger partial charge in [0.2, 0.25) is 10.0 Å². The molecule has 6 heteroatoms. The molecule has 0 saturated heterocycles. The maximum Gasteiger partial charge on any atom is 0.244 e. The Balaban J connectivity index is 2.19. The molecule has 0 aromatic heterocycles. The summed E-state index contributed by atoms with van der Waals surface area (Å²) in [5, 5.41) is 0. The summed E-state index contributed by atoms with van der Waals surface area (Å²) in [5.74, 6) is 0.322. The molecule has 1 aliphatic carbocycles. The zero-order valence-electron chi connectivity index (χ0n) is 12.5. The Kier molecular flexibility index (Phi) is 5.47. The third kappa shape index (κ3) is 4.35.